The molecule has 4 heterocycles. The minimum Gasteiger partial charge on any atom is -0.384 e. The molecule has 1 aliphatic rings. The van der Waals surface area contributed by atoms with Crippen molar-refractivity contribution >= 4 is 38.8 Å². The molecular formula is C26H28N6O2S. The monoisotopic (exact) mass is 488 g/mol. The SMILES string of the molecule is Cc1nc2n(c(=O)c1NCCCc1ccccc1)[C@H](C(=O)NCc1cc3cnc(N)cc3s1)CC2. The molecule has 35 heavy (non-hydrogen) atoms. The van der Waals surface area contributed by atoms with Gasteiger partial charge in [-0.05, 0) is 43.9 Å². The maximum absolute atomic E-state index is 13.3. The van der Waals surface area contributed by atoms with E-state index >= 15 is 0 Å². The molecule has 0 saturated carbocycles. The summed E-state index contributed by atoms with van der Waals surface area (Å²) < 4.78 is 2.60. The lowest BCUT2D eigenvalue weighted by Gasteiger charge is -2.17. The van der Waals surface area contributed by atoms with E-state index in [-0.39, 0.29) is 11.5 Å². The molecule has 0 saturated heterocycles. The maximum Gasteiger partial charge on any atom is 0.277 e. The van der Waals surface area contributed by atoms with Crippen molar-refractivity contribution < 1.29 is 4.79 Å². The summed E-state index contributed by atoms with van der Waals surface area (Å²) in [7, 11) is 0. The van der Waals surface area contributed by atoms with Crippen LogP contribution in [-0.4, -0.2) is 27.0 Å². The molecule has 1 aromatic carbocycles. The number of anilines is 2. The van der Waals surface area contributed by atoms with Crippen LogP contribution in [0.1, 0.15) is 40.8 Å². The van der Waals surface area contributed by atoms with Crippen LogP contribution in [0.4, 0.5) is 11.5 Å². The van der Waals surface area contributed by atoms with Crippen LogP contribution in [0.5, 0.6) is 0 Å². The Hall–Kier alpha value is -3.72. The van der Waals surface area contributed by atoms with Gasteiger partial charge in [0, 0.05) is 34.1 Å². The molecule has 0 spiro atoms. The van der Waals surface area contributed by atoms with E-state index in [0.717, 1.165) is 27.8 Å². The second-order valence-corrected chi connectivity index (χ2v) is 9.98. The number of hydrogen-bond acceptors (Lipinski definition) is 7. The summed E-state index contributed by atoms with van der Waals surface area (Å²) in [6.45, 7) is 2.90. The van der Waals surface area contributed by atoms with Crippen molar-refractivity contribution in [2.45, 2.75) is 45.2 Å². The molecule has 3 aromatic heterocycles. The fourth-order valence-electron chi connectivity index (χ4n) is 4.57. The van der Waals surface area contributed by atoms with E-state index in [4.69, 9.17) is 5.73 Å². The van der Waals surface area contributed by atoms with Gasteiger partial charge in [0.05, 0.1) is 12.2 Å². The number of fused-ring (bicyclic) bond motifs is 2. The minimum absolute atomic E-state index is 0.165. The number of aromatic nitrogens is 3. The highest BCUT2D eigenvalue weighted by molar-refractivity contribution is 7.19. The number of carbonyl (C=O) groups is 1. The van der Waals surface area contributed by atoms with E-state index in [2.05, 4.69) is 32.7 Å². The van der Waals surface area contributed by atoms with E-state index in [1.807, 2.05) is 37.3 Å². The molecule has 0 fully saturated rings. The third-order valence-electron chi connectivity index (χ3n) is 6.32. The highest BCUT2D eigenvalue weighted by Crippen LogP contribution is 2.27. The lowest BCUT2D eigenvalue weighted by Crippen LogP contribution is -2.36. The quantitative estimate of drug-likeness (QED) is 0.327. The molecular weight excluding hydrogens is 460 g/mol. The first-order valence-electron chi connectivity index (χ1n) is 11.8. The molecule has 8 nitrogen and oxygen atoms in total. The first kappa shape index (κ1) is 23.0. The van der Waals surface area contributed by atoms with E-state index in [9.17, 15) is 9.59 Å². The van der Waals surface area contributed by atoms with Crippen molar-refractivity contribution in [1.29, 1.82) is 0 Å². The molecule has 4 N–H and O–H groups in total. The van der Waals surface area contributed by atoms with Crippen molar-refractivity contribution in [2.75, 3.05) is 17.6 Å². The Kier molecular flexibility index (Phi) is 6.50. The molecule has 0 bridgehead atoms. The van der Waals surface area contributed by atoms with Gasteiger partial charge in [-0.25, -0.2) is 9.97 Å². The minimum atomic E-state index is -0.554. The average molecular weight is 489 g/mol. The topological polar surface area (TPSA) is 115 Å². The Bertz CT molecular complexity index is 1430. The van der Waals surface area contributed by atoms with Gasteiger partial charge < -0.3 is 16.4 Å². The zero-order chi connectivity index (χ0) is 24.4. The van der Waals surface area contributed by atoms with Gasteiger partial charge in [-0.15, -0.1) is 11.3 Å². The van der Waals surface area contributed by atoms with Crippen LogP contribution in [0.2, 0.25) is 0 Å². The first-order chi connectivity index (χ1) is 17.0. The number of carbonyl (C=O) groups excluding carboxylic acids is 1. The van der Waals surface area contributed by atoms with Gasteiger partial charge in [-0.2, -0.15) is 0 Å². The Morgan fingerprint density at radius 1 is 1.26 bits per heavy atom. The molecule has 1 amide bonds. The maximum atomic E-state index is 13.3. The number of aryl methyl sites for hydroxylation is 3. The smallest absolute Gasteiger partial charge is 0.277 e. The number of pyridine rings is 1. The third-order valence-corrected chi connectivity index (χ3v) is 7.42. The van der Waals surface area contributed by atoms with Crippen LogP contribution in [0.3, 0.4) is 0 Å². The number of nitrogen functional groups attached to an aromatic ring is 1. The number of nitrogens with two attached hydrogens (primary N) is 1. The highest BCUT2D eigenvalue weighted by Gasteiger charge is 2.31. The number of hydrogen-bond donors (Lipinski definition) is 3. The normalized spacial score (nSPS) is 14.7. The molecule has 180 valence electrons. The van der Waals surface area contributed by atoms with Crippen LogP contribution >= 0.6 is 11.3 Å². The predicted octanol–water partition coefficient (Wildman–Crippen LogP) is 3.59. The van der Waals surface area contributed by atoms with Gasteiger partial charge in [0.15, 0.2) is 0 Å². The lowest BCUT2D eigenvalue weighted by atomic mass is 10.1. The number of nitrogens with zero attached hydrogens (tertiary/aromatic N) is 3. The fraction of sp³-hybridized carbons (Fsp3) is 0.308. The van der Waals surface area contributed by atoms with Crippen LogP contribution in [0.25, 0.3) is 10.1 Å². The van der Waals surface area contributed by atoms with Gasteiger partial charge in [0.25, 0.3) is 5.56 Å². The summed E-state index contributed by atoms with van der Waals surface area (Å²) in [6, 6.07) is 13.6. The Morgan fingerprint density at radius 2 is 2.09 bits per heavy atom. The number of nitrogens with one attached hydrogen (secondary N) is 2. The average Bonchev–Trinajstić information content (AvgIpc) is 3.46. The van der Waals surface area contributed by atoms with Crippen LogP contribution in [0, 0.1) is 6.92 Å². The number of rotatable bonds is 8. The summed E-state index contributed by atoms with van der Waals surface area (Å²) >= 11 is 1.57. The molecule has 1 atom stereocenters. The number of amides is 1. The van der Waals surface area contributed by atoms with Gasteiger partial charge in [-0.3, -0.25) is 14.2 Å². The summed E-state index contributed by atoms with van der Waals surface area (Å²) in [5.74, 6) is 0.983. The van der Waals surface area contributed by atoms with E-state index in [0.29, 0.717) is 49.0 Å². The van der Waals surface area contributed by atoms with Crippen molar-refractivity contribution in [3.05, 3.63) is 81.0 Å². The summed E-state index contributed by atoms with van der Waals surface area (Å²) in [5, 5.41) is 7.28. The summed E-state index contributed by atoms with van der Waals surface area (Å²) in [6.07, 6.45) is 4.73. The lowest BCUT2D eigenvalue weighted by molar-refractivity contribution is -0.124. The van der Waals surface area contributed by atoms with E-state index < -0.39 is 6.04 Å². The first-order valence-corrected chi connectivity index (χ1v) is 12.6. The van der Waals surface area contributed by atoms with Gasteiger partial charge in [-0.1, -0.05) is 30.3 Å². The van der Waals surface area contributed by atoms with Gasteiger partial charge in [0.1, 0.15) is 23.4 Å². The fourth-order valence-corrected chi connectivity index (χ4v) is 5.60. The van der Waals surface area contributed by atoms with Crippen LogP contribution in [0.15, 0.2) is 53.5 Å². The van der Waals surface area contributed by atoms with Gasteiger partial charge in [0.2, 0.25) is 5.91 Å². The number of thiophene rings is 1. The van der Waals surface area contributed by atoms with Crippen molar-refractivity contribution in [1.82, 2.24) is 19.9 Å². The third kappa shape index (κ3) is 4.90. The molecule has 0 unspecified atom stereocenters. The number of benzene rings is 1. The summed E-state index contributed by atoms with van der Waals surface area (Å²) in [5.41, 5.74) is 8.03. The molecule has 9 heteroatoms. The molecule has 0 aliphatic carbocycles. The molecule has 1 aliphatic heterocycles. The molecule has 4 aromatic rings. The standard InChI is InChI=1S/C26H28N6O2S/c1-16-24(28-11-5-8-17-6-3-2-4-7-17)26(34)32-20(9-10-23(32)31-16)25(33)30-15-19-12-18-14-29-22(27)13-21(18)35-19/h2-4,6-7,12-14,20,28H,5,8-11,15H2,1H3,(H2,27,29)(H,30,33)/t20-/m0/s1. The Morgan fingerprint density at radius 3 is 2.91 bits per heavy atom. The van der Waals surface area contributed by atoms with Crippen molar-refractivity contribution in [2.24, 2.45) is 0 Å². The summed E-state index contributed by atoms with van der Waals surface area (Å²) in [4.78, 5) is 36.2. The van der Waals surface area contributed by atoms with E-state index in [1.165, 1.54) is 5.56 Å². The zero-order valence-corrected chi connectivity index (χ0v) is 20.4. The largest absolute Gasteiger partial charge is 0.384 e. The second kappa shape index (κ2) is 9.87. The van der Waals surface area contributed by atoms with Crippen molar-refractivity contribution in [3.63, 3.8) is 0 Å². The van der Waals surface area contributed by atoms with Crippen LogP contribution < -0.4 is 21.9 Å². The zero-order valence-electron chi connectivity index (χ0n) is 19.6. The van der Waals surface area contributed by atoms with Crippen LogP contribution in [-0.2, 0) is 24.2 Å². The highest BCUT2D eigenvalue weighted by atomic mass is 32.1. The second-order valence-electron chi connectivity index (χ2n) is 8.81. The Labute approximate surface area is 207 Å². The van der Waals surface area contributed by atoms with Crippen molar-refractivity contribution in [3.8, 4) is 0 Å². The predicted molar refractivity (Wildman–Crippen MR) is 140 cm³/mol. The van der Waals surface area contributed by atoms with Gasteiger partial charge >= 0.3 is 0 Å². The molecule has 0 radical (unpaired) electrons. The Balaban J connectivity index is 1.25. The molecule has 5 rings (SSSR count). The van der Waals surface area contributed by atoms with E-state index in [1.54, 1.807) is 22.1 Å².